The molecule has 0 amide bonds. The lowest BCUT2D eigenvalue weighted by Gasteiger charge is -2.06. The molecular weight excluding hydrogens is 224 g/mol. The Balaban J connectivity index is 2.64. The Morgan fingerprint density at radius 1 is 1.24 bits per heavy atom. The van der Waals surface area contributed by atoms with Crippen LogP contribution in [0.15, 0.2) is 12.1 Å². The van der Waals surface area contributed by atoms with Gasteiger partial charge in [-0.1, -0.05) is 6.92 Å². The lowest BCUT2D eigenvalue weighted by Crippen LogP contribution is -2.08. The number of esters is 3. The Kier molecular flexibility index (Phi) is 2.67. The summed E-state index contributed by atoms with van der Waals surface area (Å²) < 4.78 is 9.09. The number of fused-ring (bicyclic) bond motifs is 1. The standard InChI is InChI=1S/C12H10O5/c1-3-6-4-8-9(12(15)17-11(8)14)5-7(6)10(13)16-2/h4-5H,3H2,1-2H3. The third kappa shape index (κ3) is 1.69. The smallest absolute Gasteiger partial charge is 0.346 e. The van der Waals surface area contributed by atoms with Crippen LogP contribution in [0.2, 0.25) is 0 Å². The molecule has 17 heavy (non-hydrogen) atoms. The number of hydrogen-bond donors (Lipinski definition) is 0. The first-order chi connectivity index (χ1) is 8.08. The van der Waals surface area contributed by atoms with Gasteiger partial charge >= 0.3 is 17.9 Å². The van der Waals surface area contributed by atoms with Crippen molar-refractivity contribution in [2.45, 2.75) is 13.3 Å². The van der Waals surface area contributed by atoms with Gasteiger partial charge in [-0.15, -0.1) is 0 Å². The van der Waals surface area contributed by atoms with Crippen LogP contribution >= 0.6 is 0 Å². The minimum Gasteiger partial charge on any atom is -0.465 e. The summed E-state index contributed by atoms with van der Waals surface area (Å²) in [5.74, 6) is -1.93. The molecule has 5 nitrogen and oxygen atoms in total. The fraction of sp³-hybridized carbons (Fsp3) is 0.250. The topological polar surface area (TPSA) is 69.7 Å². The Bertz CT molecular complexity index is 530. The predicted octanol–water partition coefficient (Wildman–Crippen LogP) is 1.35. The van der Waals surface area contributed by atoms with Crippen molar-refractivity contribution >= 4 is 17.9 Å². The zero-order valence-electron chi connectivity index (χ0n) is 9.40. The second kappa shape index (κ2) is 4.01. The van der Waals surface area contributed by atoms with Crippen LogP contribution in [0.4, 0.5) is 0 Å². The molecule has 0 atom stereocenters. The minimum absolute atomic E-state index is 0.118. The van der Waals surface area contributed by atoms with Gasteiger partial charge in [0, 0.05) is 0 Å². The largest absolute Gasteiger partial charge is 0.465 e. The van der Waals surface area contributed by atoms with Crippen LogP contribution in [-0.4, -0.2) is 25.0 Å². The van der Waals surface area contributed by atoms with E-state index in [0.717, 1.165) is 0 Å². The number of rotatable bonds is 2. The van der Waals surface area contributed by atoms with Crippen molar-refractivity contribution in [3.05, 3.63) is 34.4 Å². The maximum atomic E-state index is 11.5. The van der Waals surface area contributed by atoms with Crippen LogP contribution in [0.25, 0.3) is 0 Å². The van der Waals surface area contributed by atoms with Gasteiger partial charge < -0.3 is 9.47 Å². The molecule has 0 spiro atoms. The first kappa shape index (κ1) is 11.3. The van der Waals surface area contributed by atoms with Gasteiger partial charge in [0.2, 0.25) is 0 Å². The van der Waals surface area contributed by atoms with Crippen LogP contribution in [-0.2, 0) is 15.9 Å². The van der Waals surface area contributed by atoms with Gasteiger partial charge in [0.25, 0.3) is 0 Å². The average molecular weight is 234 g/mol. The second-order valence-corrected chi connectivity index (χ2v) is 3.58. The minimum atomic E-state index is -0.724. The summed E-state index contributed by atoms with van der Waals surface area (Å²) in [5.41, 5.74) is 1.27. The van der Waals surface area contributed by atoms with Crippen molar-refractivity contribution in [3.8, 4) is 0 Å². The summed E-state index contributed by atoms with van der Waals surface area (Å²) in [4.78, 5) is 34.2. The summed E-state index contributed by atoms with van der Waals surface area (Å²) in [5, 5.41) is 0. The molecule has 1 heterocycles. The van der Waals surface area contributed by atoms with Crippen molar-refractivity contribution in [2.75, 3.05) is 7.11 Å². The molecular formula is C12H10O5. The first-order valence-corrected chi connectivity index (χ1v) is 5.10. The first-order valence-electron chi connectivity index (χ1n) is 5.10. The third-order valence-corrected chi connectivity index (χ3v) is 2.65. The molecule has 0 radical (unpaired) electrons. The highest BCUT2D eigenvalue weighted by Crippen LogP contribution is 2.25. The zero-order chi connectivity index (χ0) is 12.6. The molecule has 0 aliphatic carbocycles. The Morgan fingerprint density at radius 2 is 1.82 bits per heavy atom. The highest BCUT2D eigenvalue weighted by molar-refractivity contribution is 6.15. The highest BCUT2D eigenvalue weighted by atomic mass is 16.6. The molecule has 5 heteroatoms. The van der Waals surface area contributed by atoms with E-state index in [4.69, 9.17) is 0 Å². The molecule has 1 aromatic rings. The molecule has 0 aromatic heterocycles. The summed E-state index contributed by atoms with van der Waals surface area (Å²) in [7, 11) is 1.26. The molecule has 0 unspecified atom stereocenters. The molecule has 1 aliphatic heterocycles. The molecule has 0 bridgehead atoms. The van der Waals surface area contributed by atoms with Gasteiger partial charge in [0.1, 0.15) is 0 Å². The van der Waals surface area contributed by atoms with Gasteiger partial charge in [0.15, 0.2) is 0 Å². The Labute approximate surface area is 97.3 Å². The average Bonchev–Trinajstić information content (AvgIpc) is 2.62. The number of carbonyl (C=O) groups excluding carboxylic acids is 3. The SMILES string of the molecule is CCc1cc2c(cc1C(=O)OC)C(=O)OC2=O. The lowest BCUT2D eigenvalue weighted by molar-refractivity contribution is 0.0443. The van der Waals surface area contributed by atoms with Crippen molar-refractivity contribution in [1.82, 2.24) is 0 Å². The molecule has 88 valence electrons. The van der Waals surface area contributed by atoms with Crippen molar-refractivity contribution in [2.24, 2.45) is 0 Å². The van der Waals surface area contributed by atoms with Gasteiger partial charge in [-0.05, 0) is 24.1 Å². The molecule has 0 N–H and O–H groups in total. The normalized spacial score (nSPS) is 13.3. The molecule has 1 aliphatic rings. The lowest BCUT2D eigenvalue weighted by atomic mass is 9.98. The van der Waals surface area contributed by atoms with Crippen LogP contribution in [0.1, 0.15) is 43.6 Å². The summed E-state index contributed by atoms with van der Waals surface area (Å²) >= 11 is 0. The summed E-state index contributed by atoms with van der Waals surface area (Å²) in [6.45, 7) is 1.84. The van der Waals surface area contributed by atoms with E-state index in [2.05, 4.69) is 9.47 Å². The fourth-order valence-corrected chi connectivity index (χ4v) is 1.77. The van der Waals surface area contributed by atoms with Crippen LogP contribution < -0.4 is 0 Å². The van der Waals surface area contributed by atoms with Crippen molar-refractivity contribution < 1.29 is 23.9 Å². The van der Waals surface area contributed by atoms with E-state index in [1.165, 1.54) is 19.2 Å². The number of benzene rings is 1. The number of aryl methyl sites for hydroxylation is 1. The number of ether oxygens (including phenoxy) is 2. The Hall–Kier alpha value is -2.17. The summed E-state index contributed by atoms with van der Waals surface area (Å²) in [6.07, 6.45) is 0.555. The third-order valence-electron chi connectivity index (χ3n) is 2.65. The quantitative estimate of drug-likeness (QED) is 0.570. The molecule has 0 saturated carbocycles. The number of cyclic esters (lactones) is 2. The van der Waals surface area contributed by atoms with Crippen LogP contribution in [0.5, 0.6) is 0 Å². The number of hydrogen-bond acceptors (Lipinski definition) is 5. The zero-order valence-corrected chi connectivity index (χ0v) is 9.40. The van der Waals surface area contributed by atoms with E-state index in [-0.39, 0.29) is 11.1 Å². The number of methoxy groups -OCH3 is 1. The van der Waals surface area contributed by atoms with Gasteiger partial charge in [-0.25, -0.2) is 14.4 Å². The fourth-order valence-electron chi connectivity index (χ4n) is 1.77. The molecule has 0 saturated heterocycles. The Morgan fingerprint density at radius 3 is 2.35 bits per heavy atom. The van der Waals surface area contributed by atoms with E-state index >= 15 is 0 Å². The monoisotopic (exact) mass is 234 g/mol. The van der Waals surface area contributed by atoms with E-state index in [9.17, 15) is 14.4 Å². The van der Waals surface area contributed by atoms with Crippen molar-refractivity contribution in [3.63, 3.8) is 0 Å². The van der Waals surface area contributed by atoms with Gasteiger partial charge in [0.05, 0.1) is 23.8 Å². The molecule has 2 rings (SSSR count). The highest BCUT2D eigenvalue weighted by Gasteiger charge is 2.31. The van der Waals surface area contributed by atoms with E-state index in [1.54, 1.807) is 0 Å². The maximum Gasteiger partial charge on any atom is 0.346 e. The van der Waals surface area contributed by atoms with E-state index in [0.29, 0.717) is 17.5 Å². The van der Waals surface area contributed by atoms with Crippen molar-refractivity contribution in [1.29, 1.82) is 0 Å². The van der Waals surface area contributed by atoms with Gasteiger partial charge in [-0.3, -0.25) is 0 Å². The van der Waals surface area contributed by atoms with Crippen LogP contribution in [0.3, 0.4) is 0 Å². The van der Waals surface area contributed by atoms with Gasteiger partial charge in [-0.2, -0.15) is 0 Å². The maximum absolute atomic E-state index is 11.5. The predicted molar refractivity (Wildman–Crippen MR) is 56.9 cm³/mol. The molecule has 0 fully saturated rings. The summed E-state index contributed by atoms with van der Waals surface area (Å²) in [6, 6.07) is 2.86. The number of carbonyl (C=O) groups is 3. The second-order valence-electron chi connectivity index (χ2n) is 3.58. The van der Waals surface area contributed by atoms with Crippen LogP contribution in [0, 0.1) is 0 Å². The van der Waals surface area contributed by atoms with E-state index in [1.807, 2.05) is 6.92 Å². The van der Waals surface area contributed by atoms with E-state index < -0.39 is 17.9 Å². The molecule has 1 aromatic carbocycles.